The maximum Gasteiger partial charge on any atom is 0.258 e. The van der Waals surface area contributed by atoms with Gasteiger partial charge in [-0.1, -0.05) is 11.6 Å². The maximum atomic E-state index is 5.50. The van der Waals surface area contributed by atoms with E-state index < -0.39 is 0 Å². The molecule has 8 nitrogen and oxygen atoms in total. The maximum absolute atomic E-state index is 5.50. The van der Waals surface area contributed by atoms with Crippen molar-refractivity contribution in [2.75, 3.05) is 26.4 Å². The van der Waals surface area contributed by atoms with Crippen LogP contribution < -0.4 is 9.47 Å². The molecule has 2 aromatic heterocycles. The van der Waals surface area contributed by atoms with E-state index >= 15 is 0 Å². The molecule has 0 radical (unpaired) electrons. The molecular weight excluding hydrogens is 394 g/mol. The SMILES string of the molecule is c1cc2c(cc1-c1noc(-c3ccc4c(c3)OCO4)n1)ncn2CCN1CCCCC1. The Morgan fingerprint density at radius 1 is 0.871 bits per heavy atom. The van der Waals surface area contributed by atoms with E-state index in [0.29, 0.717) is 17.5 Å². The third-order valence-electron chi connectivity index (χ3n) is 6.03. The molecule has 0 N–H and O–H groups in total. The van der Waals surface area contributed by atoms with Gasteiger partial charge in [0.2, 0.25) is 12.6 Å². The van der Waals surface area contributed by atoms with Crippen molar-refractivity contribution >= 4 is 11.0 Å². The van der Waals surface area contributed by atoms with Crippen LogP contribution in [0.4, 0.5) is 0 Å². The van der Waals surface area contributed by atoms with Crippen LogP contribution >= 0.6 is 0 Å². The van der Waals surface area contributed by atoms with Crippen LogP contribution in [-0.2, 0) is 6.54 Å². The lowest BCUT2D eigenvalue weighted by Crippen LogP contribution is -2.32. The average Bonchev–Trinajstić information content (AvgIpc) is 3.57. The van der Waals surface area contributed by atoms with Gasteiger partial charge in [0.15, 0.2) is 11.5 Å². The van der Waals surface area contributed by atoms with Gasteiger partial charge < -0.3 is 23.5 Å². The summed E-state index contributed by atoms with van der Waals surface area (Å²) >= 11 is 0. The van der Waals surface area contributed by atoms with Crippen LogP contribution in [0.1, 0.15) is 19.3 Å². The largest absolute Gasteiger partial charge is 0.454 e. The summed E-state index contributed by atoms with van der Waals surface area (Å²) in [6.45, 7) is 4.67. The highest BCUT2D eigenvalue weighted by molar-refractivity contribution is 5.80. The fourth-order valence-corrected chi connectivity index (χ4v) is 4.30. The van der Waals surface area contributed by atoms with Crippen molar-refractivity contribution in [2.45, 2.75) is 25.8 Å². The molecule has 2 aromatic carbocycles. The molecular formula is C23H23N5O3. The molecule has 2 aliphatic rings. The molecule has 1 saturated heterocycles. The number of ether oxygens (including phenoxy) is 2. The molecule has 4 heterocycles. The van der Waals surface area contributed by atoms with E-state index in [1.54, 1.807) is 0 Å². The molecule has 1 fully saturated rings. The van der Waals surface area contributed by atoms with Gasteiger partial charge in [0, 0.05) is 24.2 Å². The van der Waals surface area contributed by atoms with E-state index in [9.17, 15) is 0 Å². The van der Waals surface area contributed by atoms with Crippen molar-refractivity contribution in [3.63, 3.8) is 0 Å². The third-order valence-corrected chi connectivity index (χ3v) is 6.03. The normalized spacial score (nSPS) is 16.3. The minimum absolute atomic E-state index is 0.235. The van der Waals surface area contributed by atoms with Gasteiger partial charge in [0.05, 0.1) is 17.4 Å². The highest BCUT2D eigenvalue weighted by Gasteiger charge is 2.18. The first kappa shape index (κ1) is 18.4. The third kappa shape index (κ3) is 3.53. The zero-order valence-electron chi connectivity index (χ0n) is 17.2. The average molecular weight is 417 g/mol. The summed E-state index contributed by atoms with van der Waals surface area (Å²) in [7, 11) is 0. The van der Waals surface area contributed by atoms with E-state index in [-0.39, 0.29) is 6.79 Å². The quantitative estimate of drug-likeness (QED) is 0.486. The van der Waals surface area contributed by atoms with Gasteiger partial charge in [-0.05, 0) is 62.3 Å². The second-order valence-electron chi connectivity index (χ2n) is 8.03. The van der Waals surface area contributed by atoms with Gasteiger partial charge in [-0.15, -0.1) is 0 Å². The van der Waals surface area contributed by atoms with Gasteiger partial charge in [-0.2, -0.15) is 4.98 Å². The first-order valence-corrected chi connectivity index (χ1v) is 10.7. The van der Waals surface area contributed by atoms with Crippen molar-refractivity contribution in [3.8, 4) is 34.3 Å². The van der Waals surface area contributed by atoms with Crippen molar-refractivity contribution < 1.29 is 14.0 Å². The Balaban J connectivity index is 1.22. The standard InChI is InChI=1S/C23H23N5O3/c1-2-8-27(9-3-1)10-11-28-14-24-18-12-16(4-6-19(18)28)22-25-23(31-26-22)17-5-7-20-21(13-17)30-15-29-20/h4-7,12-14H,1-3,8-11,15H2. The number of hydrogen-bond acceptors (Lipinski definition) is 7. The highest BCUT2D eigenvalue weighted by Crippen LogP contribution is 2.36. The smallest absolute Gasteiger partial charge is 0.258 e. The van der Waals surface area contributed by atoms with Gasteiger partial charge in [-0.3, -0.25) is 0 Å². The number of benzene rings is 2. The zero-order chi connectivity index (χ0) is 20.6. The Bertz CT molecular complexity index is 1230. The molecule has 2 aliphatic heterocycles. The van der Waals surface area contributed by atoms with E-state index in [0.717, 1.165) is 41.0 Å². The van der Waals surface area contributed by atoms with Crippen LogP contribution in [0.5, 0.6) is 11.5 Å². The van der Waals surface area contributed by atoms with Crippen molar-refractivity contribution in [1.29, 1.82) is 0 Å². The van der Waals surface area contributed by atoms with E-state index in [1.165, 1.54) is 32.4 Å². The number of fused-ring (bicyclic) bond motifs is 2. The van der Waals surface area contributed by atoms with E-state index in [4.69, 9.17) is 14.0 Å². The summed E-state index contributed by atoms with van der Waals surface area (Å²) < 4.78 is 18.5. The van der Waals surface area contributed by atoms with Gasteiger partial charge >= 0.3 is 0 Å². The predicted octanol–water partition coefficient (Wildman–Crippen LogP) is 3.97. The summed E-state index contributed by atoms with van der Waals surface area (Å²) in [5.41, 5.74) is 3.74. The minimum Gasteiger partial charge on any atom is -0.454 e. The second-order valence-corrected chi connectivity index (χ2v) is 8.03. The van der Waals surface area contributed by atoms with Crippen LogP contribution in [0.3, 0.4) is 0 Å². The highest BCUT2D eigenvalue weighted by atomic mass is 16.7. The van der Waals surface area contributed by atoms with Crippen LogP contribution in [0, 0.1) is 0 Å². The van der Waals surface area contributed by atoms with Gasteiger partial charge in [0.1, 0.15) is 0 Å². The number of nitrogens with zero attached hydrogens (tertiary/aromatic N) is 5. The van der Waals surface area contributed by atoms with Crippen LogP contribution in [0.2, 0.25) is 0 Å². The first-order valence-electron chi connectivity index (χ1n) is 10.7. The van der Waals surface area contributed by atoms with E-state index in [1.807, 2.05) is 36.7 Å². The molecule has 0 spiro atoms. The molecule has 6 rings (SSSR count). The van der Waals surface area contributed by atoms with Crippen molar-refractivity contribution in [1.82, 2.24) is 24.6 Å². The van der Waals surface area contributed by atoms with Crippen LogP contribution in [-0.4, -0.2) is 51.0 Å². The molecule has 31 heavy (non-hydrogen) atoms. The topological polar surface area (TPSA) is 78.4 Å². The number of rotatable bonds is 5. The Labute approximate surface area is 179 Å². The van der Waals surface area contributed by atoms with Gasteiger partial charge in [0.25, 0.3) is 5.89 Å². The second kappa shape index (κ2) is 7.70. The Morgan fingerprint density at radius 3 is 2.68 bits per heavy atom. The number of imidazole rings is 1. The van der Waals surface area contributed by atoms with Crippen LogP contribution in [0.15, 0.2) is 47.2 Å². The lowest BCUT2D eigenvalue weighted by atomic mass is 10.1. The Hall–Kier alpha value is -3.39. The Morgan fingerprint density at radius 2 is 1.74 bits per heavy atom. The van der Waals surface area contributed by atoms with Crippen molar-refractivity contribution in [3.05, 3.63) is 42.7 Å². The number of aromatic nitrogens is 4. The fraction of sp³-hybridized carbons (Fsp3) is 0.348. The molecule has 0 aliphatic carbocycles. The van der Waals surface area contributed by atoms with Crippen LogP contribution in [0.25, 0.3) is 33.9 Å². The number of hydrogen-bond donors (Lipinski definition) is 0. The summed E-state index contributed by atoms with van der Waals surface area (Å²) in [4.78, 5) is 11.7. The minimum atomic E-state index is 0.235. The van der Waals surface area contributed by atoms with E-state index in [2.05, 4.69) is 30.7 Å². The lowest BCUT2D eigenvalue weighted by molar-refractivity contribution is 0.174. The molecule has 0 amide bonds. The first-order chi connectivity index (χ1) is 15.3. The fourth-order valence-electron chi connectivity index (χ4n) is 4.30. The summed E-state index contributed by atoms with van der Waals surface area (Å²) in [6, 6.07) is 11.7. The monoisotopic (exact) mass is 417 g/mol. The Kier molecular flexibility index (Phi) is 4.57. The molecule has 0 saturated carbocycles. The molecule has 4 aromatic rings. The predicted molar refractivity (Wildman–Crippen MR) is 115 cm³/mol. The molecule has 0 unspecified atom stereocenters. The molecule has 158 valence electrons. The number of likely N-dealkylation sites (tertiary alicyclic amines) is 1. The summed E-state index contributed by atoms with van der Waals surface area (Å²) in [5.74, 6) is 2.40. The zero-order valence-corrected chi connectivity index (χ0v) is 17.2. The molecule has 8 heteroatoms. The lowest BCUT2D eigenvalue weighted by Gasteiger charge is -2.26. The molecule has 0 atom stereocenters. The summed E-state index contributed by atoms with van der Waals surface area (Å²) in [6.07, 6.45) is 5.91. The van der Waals surface area contributed by atoms with Gasteiger partial charge in [-0.25, -0.2) is 4.98 Å². The summed E-state index contributed by atoms with van der Waals surface area (Å²) in [5, 5.41) is 4.17. The molecule has 0 bridgehead atoms. The van der Waals surface area contributed by atoms with Crippen molar-refractivity contribution in [2.24, 2.45) is 0 Å². The number of piperidine rings is 1.